The van der Waals surface area contributed by atoms with Gasteiger partial charge in [0.2, 0.25) is 15.9 Å². The number of nitrogens with one attached hydrogen (secondary N) is 1. The highest BCUT2D eigenvalue weighted by atomic mass is 32.2. The fourth-order valence-corrected chi connectivity index (χ4v) is 5.70. The molecule has 8 heteroatoms. The van der Waals surface area contributed by atoms with E-state index < -0.39 is 15.6 Å². The number of benzene rings is 1. The third-order valence-electron chi connectivity index (χ3n) is 5.01. The topological polar surface area (TPSA) is 84.9 Å². The zero-order valence-corrected chi connectivity index (χ0v) is 14.1. The zero-order valence-electron chi connectivity index (χ0n) is 13.3. The molecule has 24 heavy (non-hydrogen) atoms. The summed E-state index contributed by atoms with van der Waals surface area (Å²) in [4.78, 5) is 12.6. The van der Waals surface area contributed by atoms with E-state index in [9.17, 15) is 13.2 Å². The maximum absolute atomic E-state index is 13.2. The first-order chi connectivity index (χ1) is 11.5. The van der Waals surface area contributed by atoms with Gasteiger partial charge in [0.15, 0.2) is 11.5 Å². The Kier molecular flexibility index (Phi) is 3.69. The maximum Gasteiger partial charge on any atom is 0.244 e. The van der Waals surface area contributed by atoms with Crippen LogP contribution in [0.2, 0.25) is 0 Å². The Hall–Kier alpha value is -1.80. The summed E-state index contributed by atoms with van der Waals surface area (Å²) in [7, 11) is -3.78. The number of ether oxygens (including phenoxy) is 2. The quantitative estimate of drug-likeness (QED) is 0.854. The van der Waals surface area contributed by atoms with Crippen molar-refractivity contribution in [2.24, 2.45) is 0 Å². The van der Waals surface area contributed by atoms with Crippen LogP contribution in [0.4, 0.5) is 0 Å². The van der Waals surface area contributed by atoms with E-state index in [-0.39, 0.29) is 10.8 Å². The Balaban J connectivity index is 1.73. The van der Waals surface area contributed by atoms with Gasteiger partial charge in [-0.25, -0.2) is 8.42 Å². The molecule has 2 fully saturated rings. The molecule has 3 heterocycles. The number of carbonyl (C=O) groups excluding carboxylic acids is 1. The average molecular weight is 352 g/mol. The normalized spacial score (nSPS) is 27.2. The lowest BCUT2D eigenvalue weighted by atomic mass is 9.88. The van der Waals surface area contributed by atoms with Gasteiger partial charge in [-0.2, -0.15) is 4.31 Å². The second kappa shape index (κ2) is 5.63. The summed E-state index contributed by atoms with van der Waals surface area (Å²) in [6, 6.07) is 4.64. The highest BCUT2D eigenvalue weighted by Crippen LogP contribution is 2.41. The standard InChI is InChI=1S/C16H20N2O5S/c19-15-16(5-1-7-17-15)6-2-8-18(16)24(20,21)12-3-4-13-14(11-12)23-10-9-22-13/h3-4,11H,1-2,5-10H2,(H,17,19). The minimum Gasteiger partial charge on any atom is -0.486 e. The molecule has 1 atom stereocenters. The van der Waals surface area contributed by atoms with Gasteiger partial charge < -0.3 is 14.8 Å². The van der Waals surface area contributed by atoms with Crippen molar-refractivity contribution in [3.8, 4) is 11.5 Å². The van der Waals surface area contributed by atoms with Crippen LogP contribution in [0.15, 0.2) is 23.1 Å². The molecule has 130 valence electrons. The van der Waals surface area contributed by atoms with Crippen molar-refractivity contribution in [1.82, 2.24) is 9.62 Å². The number of rotatable bonds is 2. The van der Waals surface area contributed by atoms with E-state index >= 15 is 0 Å². The smallest absolute Gasteiger partial charge is 0.244 e. The minimum absolute atomic E-state index is 0.145. The third kappa shape index (κ3) is 2.28. The summed E-state index contributed by atoms with van der Waals surface area (Å²) >= 11 is 0. The average Bonchev–Trinajstić information content (AvgIpc) is 3.02. The number of hydrogen-bond donors (Lipinski definition) is 1. The summed E-state index contributed by atoms with van der Waals surface area (Å²) in [6.45, 7) is 1.82. The van der Waals surface area contributed by atoms with Crippen LogP contribution in [-0.4, -0.2) is 50.5 Å². The largest absolute Gasteiger partial charge is 0.486 e. The lowest BCUT2D eigenvalue weighted by Crippen LogP contribution is -2.60. The van der Waals surface area contributed by atoms with Crippen molar-refractivity contribution in [1.29, 1.82) is 0 Å². The number of hydrogen-bond acceptors (Lipinski definition) is 5. The number of amides is 1. The summed E-state index contributed by atoms with van der Waals surface area (Å²) < 4.78 is 38.7. The second-order valence-electron chi connectivity index (χ2n) is 6.38. The molecule has 1 unspecified atom stereocenters. The Morgan fingerprint density at radius 2 is 1.83 bits per heavy atom. The molecular formula is C16H20N2O5S. The lowest BCUT2D eigenvalue weighted by molar-refractivity contribution is -0.131. The van der Waals surface area contributed by atoms with Crippen molar-refractivity contribution >= 4 is 15.9 Å². The number of carbonyl (C=O) groups is 1. The predicted octanol–water partition coefficient (Wildman–Crippen LogP) is 0.891. The summed E-state index contributed by atoms with van der Waals surface area (Å²) in [6.07, 6.45) is 2.63. The first-order valence-corrected chi connectivity index (χ1v) is 9.69. The van der Waals surface area contributed by atoms with Crippen LogP contribution in [-0.2, 0) is 14.8 Å². The fraction of sp³-hybridized carbons (Fsp3) is 0.562. The fourth-order valence-electron chi connectivity index (χ4n) is 3.85. The number of fused-ring (bicyclic) bond motifs is 1. The summed E-state index contributed by atoms with van der Waals surface area (Å²) in [5.41, 5.74) is -0.940. The molecule has 3 aliphatic heterocycles. The van der Waals surface area contributed by atoms with Crippen LogP contribution in [0, 0.1) is 0 Å². The second-order valence-corrected chi connectivity index (χ2v) is 8.24. The van der Waals surface area contributed by atoms with Gasteiger partial charge in [-0.1, -0.05) is 0 Å². The maximum atomic E-state index is 13.2. The van der Waals surface area contributed by atoms with Crippen LogP contribution in [0.1, 0.15) is 25.7 Å². The van der Waals surface area contributed by atoms with Gasteiger partial charge in [-0.15, -0.1) is 0 Å². The zero-order chi connectivity index (χ0) is 16.8. The molecule has 1 spiro atoms. The Morgan fingerprint density at radius 1 is 1.08 bits per heavy atom. The van der Waals surface area contributed by atoms with Crippen LogP contribution in [0.5, 0.6) is 11.5 Å². The van der Waals surface area contributed by atoms with Gasteiger partial charge in [0.05, 0.1) is 4.90 Å². The molecule has 0 radical (unpaired) electrons. The molecule has 1 aromatic rings. The van der Waals surface area contributed by atoms with E-state index in [1.807, 2.05) is 0 Å². The Morgan fingerprint density at radius 3 is 2.62 bits per heavy atom. The molecule has 0 aliphatic carbocycles. The molecule has 7 nitrogen and oxygen atoms in total. The number of nitrogens with zero attached hydrogens (tertiary/aromatic N) is 1. The van der Waals surface area contributed by atoms with Crippen molar-refractivity contribution < 1.29 is 22.7 Å². The minimum atomic E-state index is -3.78. The van der Waals surface area contributed by atoms with Crippen LogP contribution < -0.4 is 14.8 Å². The summed E-state index contributed by atoms with van der Waals surface area (Å²) in [5, 5.41) is 2.83. The first kappa shape index (κ1) is 15.7. The highest BCUT2D eigenvalue weighted by molar-refractivity contribution is 7.89. The van der Waals surface area contributed by atoms with E-state index in [1.165, 1.54) is 16.4 Å². The lowest BCUT2D eigenvalue weighted by Gasteiger charge is -2.39. The molecule has 1 amide bonds. The van der Waals surface area contributed by atoms with E-state index in [1.54, 1.807) is 6.07 Å². The molecule has 2 saturated heterocycles. The number of sulfonamides is 1. The molecule has 3 aliphatic rings. The van der Waals surface area contributed by atoms with Gasteiger partial charge in [-0.3, -0.25) is 4.79 Å². The van der Waals surface area contributed by atoms with Crippen molar-refractivity contribution in [2.45, 2.75) is 36.1 Å². The SMILES string of the molecule is O=C1NCCCC12CCCN2S(=O)(=O)c1ccc2c(c1)OCCO2. The molecule has 0 saturated carbocycles. The van der Waals surface area contributed by atoms with Crippen LogP contribution in [0.3, 0.4) is 0 Å². The van der Waals surface area contributed by atoms with Gasteiger partial charge in [0.25, 0.3) is 0 Å². The van der Waals surface area contributed by atoms with E-state index in [0.717, 1.165) is 6.42 Å². The molecular weight excluding hydrogens is 332 g/mol. The van der Waals surface area contributed by atoms with Gasteiger partial charge in [0.1, 0.15) is 18.8 Å². The first-order valence-electron chi connectivity index (χ1n) is 8.25. The van der Waals surface area contributed by atoms with Crippen LogP contribution >= 0.6 is 0 Å². The van der Waals surface area contributed by atoms with Gasteiger partial charge in [-0.05, 0) is 37.8 Å². The molecule has 0 bridgehead atoms. The van der Waals surface area contributed by atoms with Crippen molar-refractivity contribution in [3.63, 3.8) is 0 Å². The monoisotopic (exact) mass is 352 g/mol. The summed E-state index contributed by atoms with van der Waals surface area (Å²) in [5.74, 6) is 0.808. The predicted molar refractivity (Wildman–Crippen MR) is 85.5 cm³/mol. The van der Waals surface area contributed by atoms with Crippen molar-refractivity contribution in [2.75, 3.05) is 26.3 Å². The van der Waals surface area contributed by atoms with E-state index in [4.69, 9.17) is 9.47 Å². The Bertz CT molecular complexity index is 779. The molecule has 0 aromatic heterocycles. The van der Waals surface area contributed by atoms with Crippen molar-refractivity contribution in [3.05, 3.63) is 18.2 Å². The Labute approximate surface area is 141 Å². The number of piperidine rings is 1. The third-order valence-corrected chi connectivity index (χ3v) is 6.97. The highest BCUT2D eigenvalue weighted by Gasteiger charge is 2.53. The van der Waals surface area contributed by atoms with Gasteiger partial charge in [0, 0.05) is 19.2 Å². The molecule has 1 aromatic carbocycles. The molecule has 1 N–H and O–H groups in total. The van der Waals surface area contributed by atoms with E-state index in [0.29, 0.717) is 57.1 Å². The van der Waals surface area contributed by atoms with E-state index in [2.05, 4.69) is 5.32 Å². The van der Waals surface area contributed by atoms with Gasteiger partial charge >= 0.3 is 0 Å². The molecule has 4 rings (SSSR count). The van der Waals surface area contributed by atoms with Crippen LogP contribution in [0.25, 0.3) is 0 Å².